The van der Waals surface area contributed by atoms with Crippen LogP contribution in [0.5, 0.6) is 0 Å². The molecule has 5 aromatic carbocycles. The molecule has 0 radical (unpaired) electrons. The van der Waals surface area contributed by atoms with Gasteiger partial charge in [0.1, 0.15) is 0 Å². The van der Waals surface area contributed by atoms with Crippen molar-refractivity contribution in [1.29, 1.82) is 0 Å². The summed E-state index contributed by atoms with van der Waals surface area (Å²) in [5.41, 5.74) is 1.28. The van der Waals surface area contributed by atoms with Gasteiger partial charge in [-0.25, -0.2) is 0 Å². The highest BCUT2D eigenvalue weighted by molar-refractivity contribution is 6.38. The lowest BCUT2D eigenvalue weighted by molar-refractivity contribution is 0.0608. The molecule has 5 aromatic rings. The Hall–Kier alpha value is -3.46. The number of imide groups is 1. The largest absolute Gasteiger partial charge is 0.274 e. The number of unbranched alkanes of at least 4 members (excludes halogenated alkanes) is 1. The van der Waals surface area contributed by atoms with Gasteiger partial charge in [0, 0.05) is 23.1 Å². The maximum Gasteiger partial charge on any atom is 0.261 e. The van der Waals surface area contributed by atoms with Crippen LogP contribution < -0.4 is 0 Å². The number of fused-ring (bicyclic) bond motifs is 2. The number of amides is 2. The van der Waals surface area contributed by atoms with E-state index in [2.05, 4.69) is 55.5 Å². The first-order valence-electron chi connectivity index (χ1n) is 10.2. The molecule has 0 unspecified atom stereocenters. The second-order valence-corrected chi connectivity index (χ2v) is 7.90. The van der Waals surface area contributed by atoms with Crippen LogP contribution in [0.1, 0.15) is 40.5 Å². The van der Waals surface area contributed by atoms with Crippen molar-refractivity contribution in [2.45, 2.75) is 19.8 Å². The van der Waals surface area contributed by atoms with Crippen molar-refractivity contribution in [2.75, 3.05) is 6.54 Å². The first kappa shape index (κ1) is 16.5. The van der Waals surface area contributed by atoms with Gasteiger partial charge in [0.05, 0.1) is 0 Å². The zero-order chi connectivity index (χ0) is 19.7. The molecule has 0 atom stereocenters. The van der Waals surface area contributed by atoms with Crippen molar-refractivity contribution in [2.24, 2.45) is 0 Å². The Morgan fingerprint density at radius 3 is 1.76 bits per heavy atom. The summed E-state index contributed by atoms with van der Waals surface area (Å²) in [7, 11) is 0. The third-order valence-electron chi connectivity index (χ3n) is 6.33. The number of nitrogens with zero attached hydrogens (tertiary/aromatic N) is 1. The van der Waals surface area contributed by atoms with Crippen LogP contribution in [0.25, 0.3) is 43.1 Å². The molecule has 0 spiro atoms. The predicted octanol–water partition coefficient (Wildman–Crippen LogP) is 6.13. The van der Waals surface area contributed by atoms with Crippen LogP contribution in [-0.2, 0) is 0 Å². The number of carbonyl (C=O) groups excluding carboxylic acids is 2. The number of benzene rings is 5. The molecule has 0 saturated heterocycles. The van der Waals surface area contributed by atoms with E-state index in [1.165, 1.54) is 26.4 Å². The molecule has 29 heavy (non-hydrogen) atoms. The van der Waals surface area contributed by atoms with Crippen LogP contribution >= 0.6 is 0 Å². The van der Waals surface area contributed by atoms with Gasteiger partial charge in [0.25, 0.3) is 11.8 Å². The molecule has 0 aliphatic carbocycles. The van der Waals surface area contributed by atoms with Crippen LogP contribution in [0, 0.1) is 0 Å². The Morgan fingerprint density at radius 2 is 1.21 bits per heavy atom. The Labute approximate surface area is 167 Å². The number of carbonyl (C=O) groups is 2. The highest BCUT2D eigenvalue weighted by atomic mass is 16.2. The van der Waals surface area contributed by atoms with Crippen LogP contribution in [0.4, 0.5) is 0 Å². The van der Waals surface area contributed by atoms with Gasteiger partial charge in [-0.1, -0.05) is 61.9 Å². The van der Waals surface area contributed by atoms with Crippen molar-refractivity contribution >= 4 is 54.9 Å². The molecule has 3 heteroatoms. The molecule has 3 nitrogen and oxygen atoms in total. The average molecular weight is 377 g/mol. The Kier molecular flexibility index (Phi) is 3.28. The van der Waals surface area contributed by atoms with Crippen molar-refractivity contribution in [1.82, 2.24) is 4.90 Å². The minimum atomic E-state index is -0.170. The van der Waals surface area contributed by atoms with Crippen molar-refractivity contribution in [3.8, 4) is 0 Å². The fourth-order valence-electron chi connectivity index (χ4n) is 4.99. The number of rotatable bonds is 3. The van der Waals surface area contributed by atoms with Gasteiger partial charge in [-0.2, -0.15) is 0 Å². The van der Waals surface area contributed by atoms with E-state index in [1.807, 2.05) is 12.1 Å². The summed E-state index contributed by atoms with van der Waals surface area (Å²) < 4.78 is 0. The standard InChI is InChI=1S/C26H19NO2/c1-2-3-14-27-25(28)20-12-10-18-16-8-4-6-15-7-5-9-17(22(15)16)19-11-13-21(26(27)29)24(20)23(18)19/h4-13H,2-3,14H2,1H3. The van der Waals surface area contributed by atoms with Crippen LogP contribution in [0.15, 0.2) is 60.7 Å². The molecule has 0 saturated carbocycles. The third-order valence-corrected chi connectivity index (χ3v) is 6.33. The first-order valence-corrected chi connectivity index (χ1v) is 10.2. The van der Waals surface area contributed by atoms with E-state index in [-0.39, 0.29) is 11.8 Å². The highest BCUT2D eigenvalue weighted by Gasteiger charge is 2.33. The SMILES string of the molecule is CCCCN1C(=O)c2ccc3c4cccc5cccc(c6ccc(c2c36)C1=O)c54. The predicted molar refractivity (Wildman–Crippen MR) is 118 cm³/mol. The fourth-order valence-corrected chi connectivity index (χ4v) is 4.99. The van der Waals surface area contributed by atoms with Gasteiger partial charge in [0.2, 0.25) is 0 Å². The van der Waals surface area contributed by atoms with E-state index in [9.17, 15) is 9.59 Å². The first-order chi connectivity index (χ1) is 14.2. The van der Waals surface area contributed by atoms with Gasteiger partial charge in [-0.05, 0) is 56.3 Å². The smallest absolute Gasteiger partial charge is 0.261 e. The molecule has 0 aromatic heterocycles. The quantitative estimate of drug-likeness (QED) is 0.215. The molecule has 0 N–H and O–H groups in total. The van der Waals surface area contributed by atoms with Crippen molar-refractivity contribution in [3.05, 3.63) is 71.8 Å². The second kappa shape index (κ2) is 5.77. The second-order valence-electron chi connectivity index (χ2n) is 7.90. The summed E-state index contributed by atoms with van der Waals surface area (Å²) >= 11 is 0. The molecular weight excluding hydrogens is 358 g/mol. The third kappa shape index (κ3) is 2.02. The van der Waals surface area contributed by atoms with E-state index in [1.54, 1.807) is 0 Å². The van der Waals surface area contributed by atoms with E-state index >= 15 is 0 Å². The van der Waals surface area contributed by atoms with Gasteiger partial charge < -0.3 is 0 Å². The Bertz CT molecular complexity index is 1380. The van der Waals surface area contributed by atoms with E-state index < -0.39 is 0 Å². The maximum absolute atomic E-state index is 13.2. The minimum absolute atomic E-state index is 0.170. The Balaban J connectivity index is 1.79. The molecule has 140 valence electrons. The maximum atomic E-state index is 13.2. The minimum Gasteiger partial charge on any atom is -0.274 e. The molecule has 2 amide bonds. The molecule has 0 bridgehead atoms. The van der Waals surface area contributed by atoms with Crippen molar-refractivity contribution < 1.29 is 9.59 Å². The summed E-state index contributed by atoms with van der Waals surface area (Å²) in [6.45, 7) is 2.54. The fraction of sp³-hybridized carbons (Fsp3) is 0.154. The molecule has 1 heterocycles. The van der Waals surface area contributed by atoms with Crippen LogP contribution in [0.2, 0.25) is 0 Å². The lowest BCUT2D eigenvalue weighted by atomic mass is 9.85. The van der Waals surface area contributed by atoms with Gasteiger partial charge in [-0.3, -0.25) is 14.5 Å². The van der Waals surface area contributed by atoms with Gasteiger partial charge in [-0.15, -0.1) is 0 Å². The molecular formula is C26H19NO2. The monoisotopic (exact) mass is 377 g/mol. The number of hydrogen-bond donors (Lipinski definition) is 0. The summed E-state index contributed by atoms with van der Waals surface area (Å²) in [5, 5.41) is 8.84. The summed E-state index contributed by atoms with van der Waals surface area (Å²) in [4.78, 5) is 27.8. The average Bonchev–Trinajstić information content (AvgIpc) is 2.76. The summed E-state index contributed by atoms with van der Waals surface area (Å²) in [5.74, 6) is -0.339. The zero-order valence-electron chi connectivity index (χ0n) is 16.2. The summed E-state index contributed by atoms with van der Waals surface area (Å²) in [6, 6.07) is 20.6. The molecule has 1 aliphatic rings. The van der Waals surface area contributed by atoms with Gasteiger partial charge in [0.15, 0.2) is 0 Å². The lowest BCUT2D eigenvalue weighted by Crippen LogP contribution is -2.40. The van der Waals surface area contributed by atoms with E-state index in [0.29, 0.717) is 17.7 Å². The van der Waals surface area contributed by atoms with E-state index in [0.717, 1.165) is 34.4 Å². The normalized spacial score (nSPS) is 14.2. The summed E-state index contributed by atoms with van der Waals surface area (Å²) in [6.07, 6.45) is 1.76. The van der Waals surface area contributed by atoms with E-state index in [4.69, 9.17) is 0 Å². The topological polar surface area (TPSA) is 37.4 Å². The van der Waals surface area contributed by atoms with Crippen molar-refractivity contribution in [3.63, 3.8) is 0 Å². The molecule has 1 aliphatic heterocycles. The van der Waals surface area contributed by atoms with Crippen LogP contribution in [-0.4, -0.2) is 23.3 Å². The number of hydrogen-bond acceptors (Lipinski definition) is 2. The molecule has 6 rings (SSSR count). The van der Waals surface area contributed by atoms with Crippen LogP contribution in [0.3, 0.4) is 0 Å². The Morgan fingerprint density at radius 1 is 0.655 bits per heavy atom. The zero-order valence-corrected chi connectivity index (χ0v) is 16.2. The lowest BCUT2D eigenvalue weighted by Gasteiger charge is -2.28. The molecule has 0 fully saturated rings. The van der Waals surface area contributed by atoms with Gasteiger partial charge >= 0.3 is 0 Å². The highest BCUT2D eigenvalue weighted by Crippen LogP contribution is 2.43.